The molecule has 0 fully saturated rings. The molecule has 0 radical (unpaired) electrons. The van der Waals surface area contributed by atoms with Crippen molar-refractivity contribution in [3.05, 3.63) is 83.8 Å². The second kappa shape index (κ2) is 8.65. The van der Waals surface area contributed by atoms with E-state index in [1.807, 2.05) is 29.4 Å². The van der Waals surface area contributed by atoms with Crippen LogP contribution in [0, 0.1) is 0 Å². The number of hydrogen-bond donors (Lipinski definition) is 2. The van der Waals surface area contributed by atoms with Gasteiger partial charge in [0.2, 0.25) is 0 Å². The van der Waals surface area contributed by atoms with Crippen molar-refractivity contribution in [2.75, 3.05) is 11.6 Å². The lowest BCUT2D eigenvalue weighted by Crippen LogP contribution is -2.34. The Morgan fingerprint density at radius 2 is 1.66 bits per heavy atom. The number of halogens is 6. The third-order valence-electron chi connectivity index (χ3n) is 5.20. The van der Waals surface area contributed by atoms with Crippen molar-refractivity contribution >= 4 is 17.4 Å². The molecule has 32 heavy (non-hydrogen) atoms. The summed E-state index contributed by atoms with van der Waals surface area (Å²) in [6.45, 7) is 8.33. The van der Waals surface area contributed by atoms with Crippen molar-refractivity contribution in [2.45, 2.75) is 35.8 Å². The minimum Gasteiger partial charge on any atom is -0.386 e. The molecule has 2 aromatic rings. The lowest BCUT2D eigenvalue weighted by molar-refractivity contribution is -0.253. The van der Waals surface area contributed by atoms with Gasteiger partial charge in [-0.2, -0.15) is 26.3 Å². The largest absolute Gasteiger partial charge is 0.404 e. The molecule has 3 nitrogen and oxygen atoms in total. The Morgan fingerprint density at radius 3 is 2.16 bits per heavy atom. The highest BCUT2D eigenvalue weighted by Gasteiger charge is 2.57. The van der Waals surface area contributed by atoms with E-state index in [0.717, 1.165) is 28.2 Å². The summed E-state index contributed by atoms with van der Waals surface area (Å²) in [6, 6.07) is 9.50. The van der Waals surface area contributed by atoms with E-state index in [9.17, 15) is 26.3 Å². The normalized spacial score (nSPS) is 16.2. The zero-order valence-corrected chi connectivity index (χ0v) is 17.8. The Bertz CT molecular complexity index is 1000. The number of nitrogens with zero attached hydrogens (tertiary/aromatic N) is 1. The van der Waals surface area contributed by atoms with Crippen molar-refractivity contribution in [2.24, 2.45) is 5.73 Å². The molecule has 0 saturated heterocycles. The van der Waals surface area contributed by atoms with Crippen LogP contribution in [-0.4, -0.2) is 23.5 Å². The number of alkyl halides is 6. The fourth-order valence-corrected chi connectivity index (χ4v) is 4.24. The molecule has 0 aliphatic carbocycles. The first-order valence-electron chi connectivity index (χ1n) is 9.40. The first-order valence-corrected chi connectivity index (χ1v) is 10.6. The molecule has 10 heteroatoms. The Morgan fingerprint density at radius 1 is 1.06 bits per heavy atom. The van der Waals surface area contributed by atoms with Gasteiger partial charge in [-0.25, -0.2) is 0 Å². The van der Waals surface area contributed by atoms with Crippen LogP contribution in [0.1, 0.15) is 28.7 Å². The number of thioether (sulfide) groups is 1. The third-order valence-corrected chi connectivity index (χ3v) is 5.92. The minimum atomic E-state index is -5.44. The molecule has 0 amide bonds. The Hall–Kier alpha value is -2.75. The summed E-state index contributed by atoms with van der Waals surface area (Å²) in [6.07, 6.45) is -8.93. The molecular weight excluding hydrogens is 452 g/mol. The van der Waals surface area contributed by atoms with Crippen LogP contribution < -0.4 is 11.1 Å². The smallest absolute Gasteiger partial charge is 0.386 e. The van der Waals surface area contributed by atoms with Crippen LogP contribution in [0.4, 0.5) is 32.0 Å². The van der Waals surface area contributed by atoms with Gasteiger partial charge in [-0.05, 0) is 47.2 Å². The van der Waals surface area contributed by atoms with E-state index in [-0.39, 0.29) is 0 Å². The van der Waals surface area contributed by atoms with E-state index < -0.39 is 29.9 Å². The maximum Gasteiger partial charge on any atom is 0.404 e. The molecular formula is C22H21F6N3S. The van der Waals surface area contributed by atoms with E-state index in [0.29, 0.717) is 23.8 Å². The molecule has 2 aromatic carbocycles. The Balaban J connectivity index is 1.85. The molecule has 1 unspecified atom stereocenters. The van der Waals surface area contributed by atoms with Crippen molar-refractivity contribution in [3.8, 4) is 0 Å². The fourth-order valence-electron chi connectivity index (χ4n) is 3.77. The number of nitrogens with one attached hydrogen (secondary N) is 1. The lowest BCUT2D eigenvalue weighted by Gasteiger charge is -2.29. The summed E-state index contributed by atoms with van der Waals surface area (Å²) in [5.41, 5.74) is 7.81. The molecule has 3 N–H and O–H groups in total. The van der Waals surface area contributed by atoms with Gasteiger partial charge in [0.05, 0.1) is 11.9 Å². The molecule has 1 aliphatic heterocycles. The quantitative estimate of drug-likeness (QED) is 0.370. The first kappa shape index (κ1) is 23.9. The molecule has 0 saturated carbocycles. The van der Waals surface area contributed by atoms with Crippen LogP contribution in [0.5, 0.6) is 0 Å². The van der Waals surface area contributed by atoms with Crippen LogP contribution in [0.2, 0.25) is 0 Å². The summed E-state index contributed by atoms with van der Waals surface area (Å²) < 4.78 is 77.7. The maximum atomic E-state index is 13.0. The monoisotopic (exact) mass is 473 g/mol. The highest BCUT2D eigenvalue weighted by Crippen LogP contribution is 2.46. The van der Waals surface area contributed by atoms with Crippen LogP contribution >= 0.6 is 11.8 Å². The van der Waals surface area contributed by atoms with E-state index >= 15 is 0 Å². The van der Waals surface area contributed by atoms with Crippen LogP contribution in [0.3, 0.4) is 0 Å². The van der Waals surface area contributed by atoms with Gasteiger partial charge in [0.15, 0.2) is 5.92 Å². The van der Waals surface area contributed by atoms with Gasteiger partial charge in [-0.3, -0.25) is 0 Å². The first-order chi connectivity index (χ1) is 14.8. The van der Waals surface area contributed by atoms with Crippen molar-refractivity contribution in [1.82, 2.24) is 4.90 Å². The van der Waals surface area contributed by atoms with E-state index in [2.05, 4.69) is 18.5 Å². The fraction of sp³-hybridized carbons (Fsp3) is 0.273. The molecule has 0 spiro atoms. The number of anilines is 1. The topological polar surface area (TPSA) is 41.3 Å². The minimum absolute atomic E-state index is 0.304. The van der Waals surface area contributed by atoms with Crippen LogP contribution in [0.25, 0.3) is 0 Å². The summed E-state index contributed by atoms with van der Waals surface area (Å²) in [4.78, 5) is 2.90. The predicted molar refractivity (Wildman–Crippen MR) is 114 cm³/mol. The van der Waals surface area contributed by atoms with Gasteiger partial charge < -0.3 is 16.0 Å². The number of nitrogens with two attached hydrogens (primary N) is 1. The van der Waals surface area contributed by atoms with Gasteiger partial charge in [0.25, 0.3) is 0 Å². The summed E-state index contributed by atoms with van der Waals surface area (Å²) in [5, 5.41) is 2.98. The summed E-state index contributed by atoms with van der Waals surface area (Å²) in [5.74, 6) is -3.23. The van der Waals surface area contributed by atoms with Crippen molar-refractivity contribution in [3.63, 3.8) is 0 Å². The molecule has 1 atom stereocenters. The number of benzene rings is 2. The summed E-state index contributed by atoms with van der Waals surface area (Å²) in [7, 11) is 0. The lowest BCUT2D eigenvalue weighted by atomic mass is 9.97. The average Bonchev–Trinajstić information content (AvgIpc) is 3.06. The second-order valence-corrected chi connectivity index (χ2v) is 8.25. The highest BCUT2D eigenvalue weighted by atomic mass is 32.2. The predicted octanol–water partition coefficient (Wildman–Crippen LogP) is 6.53. The number of fused-ring (bicyclic) bond motifs is 1. The van der Waals surface area contributed by atoms with E-state index in [1.165, 1.54) is 12.1 Å². The van der Waals surface area contributed by atoms with Crippen molar-refractivity contribution in [1.29, 1.82) is 0 Å². The molecule has 1 aliphatic rings. The summed E-state index contributed by atoms with van der Waals surface area (Å²) >= 11 is 1.59. The van der Waals surface area contributed by atoms with Crippen molar-refractivity contribution < 1.29 is 26.3 Å². The van der Waals surface area contributed by atoms with Crippen LogP contribution in [-0.2, 0) is 6.54 Å². The Labute approximate surface area is 186 Å². The number of rotatable bonds is 6. The van der Waals surface area contributed by atoms with Gasteiger partial charge in [0.1, 0.15) is 0 Å². The van der Waals surface area contributed by atoms with E-state index in [4.69, 9.17) is 5.73 Å². The standard InChI is InChI=1S/C22H21F6N3S/c1-12(19-18-9-8-17(32-3)10-15(18)11-31(19)13(2)29)30-16-6-4-14(5-7-16)20(21(23,24)25)22(26,27)28/h4-10,19-20,30H,1-2,11,29H2,3H3. The molecule has 0 bridgehead atoms. The van der Waals surface area contributed by atoms with Gasteiger partial charge in [-0.1, -0.05) is 31.4 Å². The third kappa shape index (κ3) is 4.85. The Kier molecular flexibility index (Phi) is 6.46. The molecule has 172 valence electrons. The maximum absolute atomic E-state index is 13.0. The average molecular weight is 473 g/mol. The SMILES string of the molecule is C=C(Nc1ccc(C(C(F)(F)F)C(F)(F)F)cc1)C1c2ccc(SC)cc2CN1C(=C)N. The second-order valence-electron chi connectivity index (χ2n) is 7.38. The van der Waals surface area contributed by atoms with Gasteiger partial charge in [-0.15, -0.1) is 11.8 Å². The van der Waals surface area contributed by atoms with Gasteiger partial charge >= 0.3 is 12.4 Å². The molecule has 1 heterocycles. The number of hydrogen-bond acceptors (Lipinski definition) is 4. The van der Waals surface area contributed by atoms with Crippen LogP contribution in [0.15, 0.2) is 72.0 Å². The zero-order valence-electron chi connectivity index (χ0n) is 17.0. The van der Waals surface area contributed by atoms with Gasteiger partial charge in [0, 0.05) is 22.8 Å². The van der Waals surface area contributed by atoms with E-state index in [1.54, 1.807) is 11.8 Å². The molecule has 3 rings (SSSR count). The zero-order chi connectivity index (χ0) is 23.8. The molecule has 0 aromatic heterocycles. The highest BCUT2D eigenvalue weighted by molar-refractivity contribution is 7.98.